The smallest absolute Gasteiger partial charge is 0.258 e. The van der Waals surface area contributed by atoms with Crippen molar-refractivity contribution in [3.63, 3.8) is 0 Å². The number of amides is 1. The van der Waals surface area contributed by atoms with Crippen LogP contribution in [-0.4, -0.2) is 11.6 Å². The topological polar surface area (TPSA) is 38.3 Å². The second-order valence-corrected chi connectivity index (χ2v) is 7.37. The molecule has 2 fully saturated rings. The van der Waals surface area contributed by atoms with E-state index in [0.717, 1.165) is 18.6 Å². The van der Waals surface area contributed by atoms with Crippen molar-refractivity contribution in [2.75, 3.05) is 0 Å². The van der Waals surface area contributed by atoms with Crippen molar-refractivity contribution in [2.45, 2.75) is 45.8 Å². The Balaban J connectivity index is 1.84. The summed E-state index contributed by atoms with van der Waals surface area (Å²) in [6.45, 7) is 6.94. The summed E-state index contributed by atoms with van der Waals surface area (Å²) in [5.41, 5.74) is 0.327. The van der Waals surface area contributed by atoms with E-state index in [1.165, 1.54) is 6.42 Å². The summed E-state index contributed by atoms with van der Waals surface area (Å²) >= 11 is 0. The highest BCUT2D eigenvalue weighted by atomic mass is 16.5. The molecule has 3 heteroatoms. The van der Waals surface area contributed by atoms with Gasteiger partial charge in [-0.1, -0.05) is 32.9 Å². The fraction of sp³-hybridized carbons (Fsp3) is 0.588. The van der Waals surface area contributed by atoms with Crippen molar-refractivity contribution in [1.82, 2.24) is 5.32 Å². The highest BCUT2D eigenvalue weighted by Gasteiger charge is 2.72. The lowest BCUT2D eigenvalue weighted by molar-refractivity contribution is -0.0912. The molecule has 0 aromatic heterocycles. The summed E-state index contributed by atoms with van der Waals surface area (Å²) in [4.78, 5) is 12.5. The van der Waals surface area contributed by atoms with Crippen LogP contribution in [0.15, 0.2) is 24.3 Å². The quantitative estimate of drug-likeness (QED) is 0.786. The molecule has 1 amide bonds. The minimum Gasteiger partial charge on any atom is -0.467 e. The molecule has 3 aliphatic rings. The second kappa shape index (κ2) is 3.38. The first kappa shape index (κ1) is 12.2. The van der Waals surface area contributed by atoms with Gasteiger partial charge in [0.05, 0.1) is 5.56 Å². The summed E-state index contributed by atoms with van der Waals surface area (Å²) < 4.78 is 6.39. The van der Waals surface area contributed by atoms with Crippen LogP contribution in [0, 0.1) is 16.7 Å². The first-order valence-corrected chi connectivity index (χ1v) is 7.50. The number of fused-ring (bicyclic) bond motifs is 4. The Labute approximate surface area is 119 Å². The summed E-state index contributed by atoms with van der Waals surface area (Å²) in [6, 6.07) is 7.56. The van der Waals surface area contributed by atoms with Gasteiger partial charge in [0.25, 0.3) is 5.91 Å². The van der Waals surface area contributed by atoms with Crippen LogP contribution in [0.4, 0.5) is 0 Å². The van der Waals surface area contributed by atoms with Crippen LogP contribution in [0.3, 0.4) is 0 Å². The molecule has 3 atom stereocenters. The van der Waals surface area contributed by atoms with E-state index in [-0.39, 0.29) is 16.7 Å². The lowest BCUT2D eigenvalue weighted by Gasteiger charge is -2.50. The van der Waals surface area contributed by atoms with Gasteiger partial charge in [0.2, 0.25) is 0 Å². The summed E-state index contributed by atoms with van der Waals surface area (Å²) in [7, 11) is 0. The van der Waals surface area contributed by atoms with Gasteiger partial charge in [-0.25, -0.2) is 0 Å². The predicted molar refractivity (Wildman–Crippen MR) is 76.5 cm³/mol. The van der Waals surface area contributed by atoms with E-state index in [2.05, 4.69) is 26.1 Å². The van der Waals surface area contributed by atoms with Crippen LogP contribution in [-0.2, 0) is 0 Å². The molecule has 0 saturated heterocycles. The van der Waals surface area contributed by atoms with E-state index in [9.17, 15) is 4.79 Å². The summed E-state index contributed by atoms with van der Waals surface area (Å²) in [5, 5.41) is 3.21. The van der Waals surface area contributed by atoms with Crippen LogP contribution < -0.4 is 10.1 Å². The average Bonchev–Trinajstić information content (AvgIpc) is 2.71. The molecule has 20 heavy (non-hydrogen) atoms. The van der Waals surface area contributed by atoms with Gasteiger partial charge in [0, 0.05) is 11.8 Å². The first-order valence-electron chi connectivity index (χ1n) is 7.50. The van der Waals surface area contributed by atoms with Crippen LogP contribution >= 0.6 is 0 Å². The highest BCUT2D eigenvalue weighted by Crippen LogP contribution is 2.70. The normalized spacial score (nSPS) is 40.4. The van der Waals surface area contributed by atoms with Crippen LogP contribution in [0.25, 0.3) is 0 Å². The molecule has 3 nitrogen and oxygen atoms in total. The SMILES string of the molecule is CC1(C)[C@H]2CC[C@]1(C)[C@@]1(C2)NC(=O)c2ccccc2O1. The maximum Gasteiger partial charge on any atom is 0.258 e. The van der Waals surface area contributed by atoms with Crippen molar-refractivity contribution in [3.05, 3.63) is 29.8 Å². The van der Waals surface area contributed by atoms with Gasteiger partial charge in [-0.05, 0) is 36.3 Å². The number of hydrogen-bond acceptors (Lipinski definition) is 2. The molecule has 0 radical (unpaired) electrons. The summed E-state index contributed by atoms with van der Waals surface area (Å²) in [5.74, 6) is 1.37. The monoisotopic (exact) mass is 271 g/mol. The van der Waals surface area contributed by atoms with E-state index < -0.39 is 5.72 Å². The second-order valence-electron chi connectivity index (χ2n) is 7.37. The molecule has 1 heterocycles. The molecular weight excluding hydrogens is 250 g/mol. The number of rotatable bonds is 0. The van der Waals surface area contributed by atoms with Crippen molar-refractivity contribution in [1.29, 1.82) is 0 Å². The third-order valence-electron chi connectivity index (χ3n) is 6.59. The molecule has 2 aliphatic carbocycles. The van der Waals surface area contributed by atoms with E-state index in [1.807, 2.05) is 24.3 Å². The molecule has 4 rings (SSSR count). The fourth-order valence-electron chi connectivity index (χ4n) is 4.80. The van der Waals surface area contributed by atoms with Crippen LogP contribution in [0.2, 0.25) is 0 Å². The average molecular weight is 271 g/mol. The highest BCUT2D eigenvalue weighted by molar-refractivity contribution is 5.98. The number of carbonyl (C=O) groups is 1. The van der Waals surface area contributed by atoms with Gasteiger partial charge in [-0.2, -0.15) is 0 Å². The Bertz CT molecular complexity index is 609. The number of para-hydroxylation sites is 1. The van der Waals surface area contributed by atoms with Crippen molar-refractivity contribution in [2.24, 2.45) is 16.7 Å². The van der Waals surface area contributed by atoms with Gasteiger partial charge >= 0.3 is 0 Å². The zero-order valence-corrected chi connectivity index (χ0v) is 12.3. The number of carbonyl (C=O) groups excluding carboxylic acids is 1. The van der Waals surface area contributed by atoms with Gasteiger partial charge < -0.3 is 10.1 Å². The van der Waals surface area contributed by atoms with E-state index in [1.54, 1.807) is 0 Å². The molecular formula is C17H21NO2. The standard InChI is InChI=1S/C17H21NO2/c1-15(2)11-8-9-16(15,3)17(10-11)18-14(19)12-6-4-5-7-13(12)20-17/h4-7,11H,8-10H2,1-3H3,(H,18,19)/t11-,16-,17-/m0/s1. The Morgan fingerprint density at radius 2 is 2.00 bits per heavy atom. The minimum atomic E-state index is -0.523. The molecule has 106 valence electrons. The molecule has 1 spiro atoms. The van der Waals surface area contributed by atoms with Gasteiger partial charge in [-0.15, -0.1) is 0 Å². The zero-order chi connectivity index (χ0) is 14.2. The van der Waals surface area contributed by atoms with Crippen molar-refractivity contribution >= 4 is 5.91 Å². The molecule has 1 aromatic carbocycles. The molecule has 1 aliphatic heterocycles. The van der Waals surface area contributed by atoms with Crippen molar-refractivity contribution in [3.8, 4) is 5.75 Å². The molecule has 2 bridgehead atoms. The Morgan fingerprint density at radius 1 is 1.25 bits per heavy atom. The van der Waals surface area contributed by atoms with Gasteiger partial charge in [-0.3, -0.25) is 4.79 Å². The maximum absolute atomic E-state index is 12.5. The predicted octanol–water partition coefficient (Wildman–Crippen LogP) is 3.35. The third kappa shape index (κ3) is 1.16. The van der Waals surface area contributed by atoms with E-state index in [4.69, 9.17) is 4.74 Å². The Hall–Kier alpha value is -1.51. The molecule has 2 saturated carbocycles. The van der Waals surface area contributed by atoms with Crippen molar-refractivity contribution < 1.29 is 9.53 Å². The third-order valence-corrected chi connectivity index (χ3v) is 6.59. The van der Waals surface area contributed by atoms with E-state index in [0.29, 0.717) is 11.5 Å². The van der Waals surface area contributed by atoms with E-state index >= 15 is 0 Å². The summed E-state index contributed by atoms with van der Waals surface area (Å²) in [6.07, 6.45) is 3.29. The largest absolute Gasteiger partial charge is 0.467 e. The first-order chi connectivity index (χ1) is 9.40. The maximum atomic E-state index is 12.5. The minimum absolute atomic E-state index is 0.00609. The van der Waals surface area contributed by atoms with Gasteiger partial charge in [0.1, 0.15) is 5.75 Å². The Kier molecular flexibility index (Phi) is 2.07. The van der Waals surface area contributed by atoms with Crippen LogP contribution in [0.5, 0.6) is 5.75 Å². The molecule has 1 N–H and O–H groups in total. The lowest BCUT2D eigenvalue weighted by atomic mass is 9.67. The van der Waals surface area contributed by atoms with Gasteiger partial charge in [0.15, 0.2) is 5.72 Å². The number of hydrogen-bond donors (Lipinski definition) is 1. The number of benzene rings is 1. The fourth-order valence-corrected chi connectivity index (χ4v) is 4.80. The number of ether oxygens (including phenoxy) is 1. The molecule has 1 aromatic rings. The molecule has 0 unspecified atom stereocenters. The Morgan fingerprint density at radius 3 is 2.65 bits per heavy atom. The van der Waals surface area contributed by atoms with Crippen LogP contribution in [0.1, 0.15) is 50.4 Å². The lowest BCUT2D eigenvalue weighted by Crippen LogP contribution is -2.64. The number of nitrogens with one attached hydrogen (secondary N) is 1. The zero-order valence-electron chi connectivity index (χ0n) is 12.3.